The number of nitrogens with zero attached hydrogens (tertiary/aromatic N) is 1. The predicted molar refractivity (Wildman–Crippen MR) is 162 cm³/mol. The number of hydrogen-bond acceptors (Lipinski definition) is 5. The Balaban J connectivity index is 1.88. The van der Waals surface area contributed by atoms with Crippen molar-refractivity contribution in [2.45, 2.75) is 96.7 Å². The number of amides is 3. The van der Waals surface area contributed by atoms with E-state index in [-0.39, 0.29) is 18.9 Å². The fraction of sp³-hybridized carbons (Fsp3) is 0.531. The van der Waals surface area contributed by atoms with E-state index in [2.05, 4.69) is 26.6 Å². The van der Waals surface area contributed by atoms with Crippen molar-refractivity contribution in [1.82, 2.24) is 20.5 Å². The molecule has 1 aromatic carbocycles. The number of aliphatic carboxylic acids is 2. The number of carboxylic acid groups (broad SMARTS) is 2. The van der Waals surface area contributed by atoms with Crippen molar-refractivity contribution < 1.29 is 34.2 Å². The van der Waals surface area contributed by atoms with Gasteiger partial charge >= 0.3 is 11.9 Å². The molecule has 2 unspecified atom stereocenters. The Morgan fingerprint density at radius 2 is 1.51 bits per heavy atom. The number of aromatic nitrogens is 1. The molecule has 0 fully saturated rings. The van der Waals surface area contributed by atoms with Crippen LogP contribution in [0.1, 0.15) is 87.7 Å². The monoisotopic (exact) mass is 598 g/mol. The van der Waals surface area contributed by atoms with Crippen LogP contribution in [-0.4, -0.2) is 63.1 Å². The summed E-state index contributed by atoms with van der Waals surface area (Å²) in [7, 11) is 0. The van der Waals surface area contributed by atoms with E-state index in [1.807, 2.05) is 12.3 Å². The summed E-state index contributed by atoms with van der Waals surface area (Å²) >= 11 is 0. The minimum atomic E-state index is -1.15. The fourth-order valence-corrected chi connectivity index (χ4v) is 4.77. The van der Waals surface area contributed by atoms with Gasteiger partial charge in [0.2, 0.25) is 11.8 Å². The van der Waals surface area contributed by atoms with Gasteiger partial charge in [-0.05, 0) is 68.7 Å². The average molecular weight is 599 g/mol. The Hall–Kier alpha value is -4.15. The molecular weight excluding hydrogens is 552 g/mol. The number of carboxylic acids is 2. The number of hydrogen-bond donors (Lipinski definition) is 5. The molecule has 11 nitrogen and oxygen atoms in total. The van der Waals surface area contributed by atoms with E-state index < -0.39 is 41.7 Å². The van der Waals surface area contributed by atoms with Gasteiger partial charge in [-0.15, -0.1) is 0 Å². The quantitative estimate of drug-likeness (QED) is 0.136. The molecule has 5 N–H and O–H groups in total. The highest BCUT2D eigenvalue weighted by Crippen LogP contribution is 2.13. The Bertz CT molecular complexity index is 1180. The smallest absolute Gasteiger partial charge is 0.326 e. The van der Waals surface area contributed by atoms with Crippen LogP contribution in [0, 0.1) is 5.92 Å². The lowest BCUT2D eigenvalue weighted by atomic mass is 10.0. The number of carbonyl (C=O) groups is 5. The minimum absolute atomic E-state index is 0.220. The molecule has 0 saturated carbocycles. The van der Waals surface area contributed by atoms with Crippen molar-refractivity contribution in [3.8, 4) is 0 Å². The Kier molecular flexibility index (Phi) is 15.6. The van der Waals surface area contributed by atoms with E-state index in [1.165, 1.54) is 5.69 Å². The molecule has 0 saturated heterocycles. The van der Waals surface area contributed by atoms with Crippen LogP contribution in [0.15, 0.2) is 48.7 Å². The molecule has 0 aliphatic heterocycles. The topological polar surface area (TPSA) is 167 Å². The summed E-state index contributed by atoms with van der Waals surface area (Å²) < 4.78 is 2.18. The maximum absolute atomic E-state index is 13.1. The van der Waals surface area contributed by atoms with E-state index in [9.17, 15) is 29.1 Å². The van der Waals surface area contributed by atoms with Crippen LogP contribution in [0.25, 0.3) is 0 Å². The molecular formula is C32H46N4O7. The van der Waals surface area contributed by atoms with Crippen LogP contribution < -0.4 is 16.0 Å². The van der Waals surface area contributed by atoms with Gasteiger partial charge in [0.1, 0.15) is 12.1 Å². The standard InChI is InChI=1S/C32H46N4O7/c1-23(2)29(32(42)43)35-31(41)26(34-27(37)22-33-30(40)24-14-7-6-8-15-24)18-11-12-20-36-21-13-17-25(36)16-9-4-3-5-10-19-28(38)39/h6-8,13-15,17,21,23,26,29H,3-5,9-12,16,18-20,22H2,1-2H3,(H,33,40)(H,34,37)(H,35,41)(H,38,39)(H,42,43). The van der Waals surface area contributed by atoms with Crippen molar-refractivity contribution in [3.63, 3.8) is 0 Å². The van der Waals surface area contributed by atoms with Gasteiger partial charge in [0, 0.05) is 30.4 Å². The number of rotatable bonds is 21. The molecule has 2 aromatic rings. The van der Waals surface area contributed by atoms with Crippen molar-refractivity contribution in [3.05, 3.63) is 59.9 Å². The van der Waals surface area contributed by atoms with Crippen molar-refractivity contribution >= 4 is 29.7 Å². The van der Waals surface area contributed by atoms with Crippen LogP contribution in [0.5, 0.6) is 0 Å². The van der Waals surface area contributed by atoms with Crippen molar-refractivity contribution in [2.24, 2.45) is 5.92 Å². The van der Waals surface area contributed by atoms with E-state index in [4.69, 9.17) is 5.11 Å². The van der Waals surface area contributed by atoms with Crippen LogP contribution in [0.4, 0.5) is 0 Å². The second kappa shape index (κ2) is 19.1. The first-order valence-corrected chi connectivity index (χ1v) is 15.1. The van der Waals surface area contributed by atoms with Crippen molar-refractivity contribution in [2.75, 3.05) is 6.54 Å². The highest BCUT2D eigenvalue weighted by molar-refractivity contribution is 5.97. The second-order valence-electron chi connectivity index (χ2n) is 11.1. The molecule has 11 heteroatoms. The lowest BCUT2D eigenvalue weighted by Gasteiger charge is -2.23. The van der Waals surface area contributed by atoms with Gasteiger partial charge in [-0.25, -0.2) is 4.79 Å². The third kappa shape index (κ3) is 13.6. The molecule has 0 aliphatic rings. The molecule has 3 amide bonds. The summed E-state index contributed by atoms with van der Waals surface area (Å²) in [6.45, 7) is 3.80. The first-order chi connectivity index (χ1) is 20.6. The second-order valence-corrected chi connectivity index (χ2v) is 11.1. The normalized spacial score (nSPS) is 12.3. The lowest BCUT2D eigenvalue weighted by molar-refractivity contribution is -0.143. The molecule has 0 aliphatic carbocycles. The Morgan fingerprint density at radius 1 is 0.814 bits per heavy atom. The first-order valence-electron chi connectivity index (χ1n) is 15.1. The van der Waals surface area contributed by atoms with E-state index in [0.29, 0.717) is 24.8 Å². The third-order valence-corrected chi connectivity index (χ3v) is 7.22. The molecule has 0 radical (unpaired) electrons. The molecule has 236 valence electrons. The zero-order valence-electron chi connectivity index (χ0n) is 25.2. The Labute approximate surface area is 253 Å². The van der Waals surface area contributed by atoms with Crippen LogP contribution in [-0.2, 0) is 32.1 Å². The molecule has 1 heterocycles. The van der Waals surface area contributed by atoms with Gasteiger partial charge in [0.25, 0.3) is 5.91 Å². The van der Waals surface area contributed by atoms with Crippen molar-refractivity contribution in [1.29, 1.82) is 0 Å². The number of carbonyl (C=O) groups excluding carboxylic acids is 3. The van der Waals surface area contributed by atoms with Crippen LogP contribution in [0.3, 0.4) is 0 Å². The van der Waals surface area contributed by atoms with Gasteiger partial charge in [0.15, 0.2) is 0 Å². The Morgan fingerprint density at radius 3 is 2.19 bits per heavy atom. The van der Waals surface area contributed by atoms with Crippen LogP contribution >= 0.6 is 0 Å². The molecule has 1 aromatic heterocycles. The summed E-state index contributed by atoms with van der Waals surface area (Å²) in [4.78, 5) is 60.3. The lowest BCUT2D eigenvalue weighted by Crippen LogP contribution is -2.54. The highest BCUT2D eigenvalue weighted by Gasteiger charge is 2.28. The fourth-order valence-electron chi connectivity index (χ4n) is 4.77. The van der Waals surface area contributed by atoms with Gasteiger partial charge in [0.05, 0.1) is 6.54 Å². The minimum Gasteiger partial charge on any atom is -0.481 e. The summed E-state index contributed by atoms with van der Waals surface area (Å²) in [5.74, 6) is -3.78. The van der Waals surface area contributed by atoms with E-state index >= 15 is 0 Å². The third-order valence-electron chi connectivity index (χ3n) is 7.22. The molecule has 0 bridgehead atoms. The predicted octanol–water partition coefficient (Wildman–Crippen LogP) is 3.77. The van der Waals surface area contributed by atoms with E-state index in [0.717, 1.165) is 45.1 Å². The molecule has 0 spiro atoms. The van der Waals surface area contributed by atoms with Gasteiger partial charge < -0.3 is 30.7 Å². The highest BCUT2D eigenvalue weighted by atomic mass is 16.4. The van der Waals surface area contributed by atoms with E-state index in [1.54, 1.807) is 44.2 Å². The number of nitrogens with one attached hydrogen (secondary N) is 3. The SMILES string of the molecule is CC(C)C(NC(=O)C(CCCCn1cccc1CCCCCCCC(=O)O)NC(=O)CNC(=O)c1ccccc1)C(=O)O. The maximum Gasteiger partial charge on any atom is 0.326 e. The van der Waals surface area contributed by atoms with Crippen LogP contribution in [0.2, 0.25) is 0 Å². The first kappa shape index (κ1) is 35.0. The van der Waals surface area contributed by atoms with Gasteiger partial charge in [-0.1, -0.05) is 51.3 Å². The average Bonchev–Trinajstić information content (AvgIpc) is 3.42. The summed E-state index contributed by atoms with van der Waals surface area (Å²) in [5, 5.41) is 26.0. The largest absolute Gasteiger partial charge is 0.481 e. The zero-order valence-corrected chi connectivity index (χ0v) is 25.2. The number of benzene rings is 1. The summed E-state index contributed by atoms with van der Waals surface area (Å²) in [6, 6.07) is 10.5. The zero-order chi connectivity index (χ0) is 31.6. The van der Waals surface area contributed by atoms with Gasteiger partial charge in [-0.2, -0.15) is 0 Å². The summed E-state index contributed by atoms with van der Waals surface area (Å²) in [6.07, 6.45) is 9.52. The molecule has 43 heavy (non-hydrogen) atoms. The summed E-state index contributed by atoms with van der Waals surface area (Å²) in [5.41, 5.74) is 1.62. The number of aryl methyl sites for hydroxylation is 2. The maximum atomic E-state index is 13.1. The molecule has 2 atom stereocenters. The molecule has 2 rings (SSSR count). The van der Waals surface area contributed by atoms with Gasteiger partial charge in [-0.3, -0.25) is 19.2 Å². The number of unbranched alkanes of at least 4 members (excludes halogenated alkanes) is 5.